The van der Waals surface area contributed by atoms with E-state index < -0.39 is 11.9 Å². The van der Waals surface area contributed by atoms with Crippen molar-refractivity contribution in [3.63, 3.8) is 0 Å². The predicted octanol–water partition coefficient (Wildman–Crippen LogP) is 2.70. The zero-order valence-corrected chi connectivity index (χ0v) is 14.8. The Bertz CT molecular complexity index is 762. The standard InChI is InChI=1S/C20H23NO5/c1-15-20(26)17(11-7-3-5-9-13-19(24)25)16(14-21-15)10-6-2-4-8-12-18(22)23/h14,26H,4-5,8-13H2,1H3,(H,22,23)(H,24,25). The highest BCUT2D eigenvalue weighted by Gasteiger charge is 2.10. The van der Waals surface area contributed by atoms with Crippen molar-refractivity contribution < 1.29 is 24.9 Å². The first-order chi connectivity index (χ1) is 12.4. The van der Waals surface area contributed by atoms with Gasteiger partial charge in [-0.15, -0.1) is 11.8 Å². The summed E-state index contributed by atoms with van der Waals surface area (Å²) in [6.07, 6.45) is 4.63. The maximum Gasteiger partial charge on any atom is 0.303 e. The minimum absolute atomic E-state index is 0.0943. The van der Waals surface area contributed by atoms with Gasteiger partial charge in [-0.1, -0.05) is 11.8 Å². The van der Waals surface area contributed by atoms with Gasteiger partial charge in [-0.05, 0) is 25.3 Å². The molecule has 6 heteroatoms. The van der Waals surface area contributed by atoms with Gasteiger partial charge < -0.3 is 15.3 Å². The Morgan fingerprint density at radius 1 is 0.962 bits per heavy atom. The molecule has 0 aliphatic carbocycles. The van der Waals surface area contributed by atoms with Crippen LogP contribution in [0.25, 0.3) is 0 Å². The van der Waals surface area contributed by atoms with E-state index in [9.17, 15) is 14.7 Å². The number of aromatic nitrogens is 1. The van der Waals surface area contributed by atoms with Crippen LogP contribution in [-0.2, 0) is 22.4 Å². The van der Waals surface area contributed by atoms with Crippen LogP contribution < -0.4 is 0 Å². The summed E-state index contributed by atoms with van der Waals surface area (Å²) in [5.74, 6) is 10.2. The third-order valence-corrected chi connectivity index (χ3v) is 3.61. The quantitative estimate of drug-likeness (QED) is 0.488. The Kier molecular flexibility index (Phi) is 9.35. The number of hydrogen-bond donors (Lipinski definition) is 3. The first-order valence-corrected chi connectivity index (χ1v) is 8.43. The molecule has 0 saturated carbocycles. The summed E-state index contributed by atoms with van der Waals surface area (Å²) in [5, 5.41) is 27.4. The molecule has 0 aromatic carbocycles. The molecule has 1 aromatic heterocycles. The molecule has 0 radical (unpaired) electrons. The molecule has 0 bridgehead atoms. The maximum absolute atomic E-state index is 10.4. The van der Waals surface area contributed by atoms with Crippen molar-refractivity contribution in [2.24, 2.45) is 0 Å². The molecule has 0 aliphatic heterocycles. The Hall–Kier alpha value is -2.99. The van der Waals surface area contributed by atoms with E-state index in [1.54, 1.807) is 13.1 Å². The topological polar surface area (TPSA) is 108 Å². The van der Waals surface area contributed by atoms with Gasteiger partial charge in [0.25, 0.3) is 0 Å². The fraction of sp³-hybridized carbons (Fsp3) is 0.450. The lowest BCUT2D eigenvalue weighted by molar-refractivity contribution is -0.138. The van der Waals surface area contributed by atoms with Crippen LogP contribution in [0.15, 0.2) is 6.20 Å². The van der Waals surface area contributed by atoms with Crippen LogP contribution in [0.5, 0.6) is 5.75 Å². The largest absolute Gasteiger partial charge is 0.506 e. The Morgan fingerprint density at radius 2 is 1.50 bits per heavy atom. The van der Waals surface area contributed by atoms with Crippen molar-refractivity contribution in [1.29, 1.82) is 0 Å². The van der Waals surface area contributed by atoms with Gasteiger partial charge in [0.05, 0.1) is 5.69 Å². The van der Waals surface area contributed by atoms with E-state index in [4.69, 9.17) is 10.2 Å². The molecule has 0 saturated heterocycles. The molecule has 0 amide bonds. The van der Waals surface area contributed by atoms with Crippen molar-refractivity contribution in [1.82, 2.24) is 4.98 Å². The summed E-state index contributed by atoms with van der Waals surface area (Å²) in [6, 6.07) is 0. The van der Waals surface area contributed by atoms with E-state index in [-0.39, 0.29) is 18.6 Å². The smallest absolute Gasteiger partial charge is 0.303 e. The van der Waals surface area contributed by atoms with Gasteiger partial charge in [0, 0.05) is 50.3 Å². The van der Waals surface area contributed by atoms with Gasteiger partial charge >= 0.3 is 11.9 Å². The second-order valence-corrected chi connectivity index (χ2v) is 5.75. The average molecular weight is 357 g/mol. The molecule has 1 heterocycles. The molecule has 138 valence electrons. The highest BCUT2D eigenvalue weighted by molar-refractivity contribution is 5.66. The van der Waals surface area contributed by atoms with Gasteiger partial charge in [0.2, 0.25) is 0 Å². The summed E-state index contributed by atoms with van der Waals surface area (Å²) in [7, 11) is 0. The monoisotopic (exact) mass is 357 g/mol. The summed E-state index contributed by atoms with van der Waals surface area (Å²) in [6.45, 7) is 1.71. The van der Waals surface area contributed by atoms with Crippen molar-refractivity contribution in [3.05, 3.63) is 23.0 Å². The number of unbranched alkanes of at least 4 members (excludes halogenated alkanes) is 2. The average Bonchev–Trinajstić information content (AvgIpc) is 2.58. The zero-order valence-electron chi connectivity index (χ0n) is 14.8. The number of hydrogen-bond acceptors (Lipinski definition) is 4. The molecule has 1 rings (SSSR count). The molecular weight excluding hydrogens is 334 g/mol. The molecule has 0 atom stereocenters. The Balaban J connectivity index is 2.68. The van der Waals surface area contributed by atoms with Crippen molar-refractivity contribution in [3.8, 4) is 29.4 Å². The first-order valence-electron chi connectivity index (χ1n) is 8.43. The van der Waals surface area contributed by atoms with E-state index >= 15 is 0 Å². The SMILES string of the molecule is Cc1ncc(CC#CCCCC(=O)O)c(CC#CCCCC(=O)O)c1O. The van der Waals surface area contributed by atoms with E-state index in [0.717, 1.165) is 5.56 Å². The lowest BCUT2D eigenvalue weighted by Gasteiger charge is -2.08. The van der Waals surface area contributed by atoms with E-state index in [1.165, 1.54) is 0 Å². The van der Waals surface area contributed by atoms with Crippen molar-refractivity contribution >= 4 is 11.9 Å². The van der Waals surface area contributed by atoms with Crippen LogP contribution in [0.2, 0.25) is 0 Å². The van der Waals surface area contributed by atoms with Crippen LogP contribution in [0.1, 0.15) is 55.3 Å². The second kappa shape index (κ2) is 11.5. The number of aromatic hydroxyl groups is 1. The highest BCUT2D eigenvalue weighted by atomic mass is 16.4. The normalized spacial score (nSPS) is 9.58. The molecule has 0 aliphatic rings. The van der Waals surface area contributed by atoms with Crippen LogP contribution in [0.4, 0.5) is 0 Å². The summed E-state index contributed by atoms with van der Waals surface area (Å²) in [4.78, 5) is 25.0. The van der Waals surface area contributed by atoms with Crippen LogP contribution in [-0.4, -0.2) is 32.2 Å². The molecular formula is C20H23NO5. The minimum atomic E-state index is -0.835. The van der Waals surface area contributed by atoms with Gasteiger partial charge in [-0.25, -0.2) is 0 Å². The Morgan fingerprint density at radius 3 is 2.04 bits per heavy atom. The molecule has 3 N–H and O–H groups in total. The maximum atomic E-state index is 10.4. The van der Waals surface area contributed by atoms with E-state index in [2.05, 4.69) is 28.7 Å². The molecule has 0 spiro atoms. The summed E-state index contributed by atoms with van der Waals surface area (Å²) < 4.78 is 0. The molecule has 0 unspecified atom stereocenters. The molecule has 1 aromatic rings. The number of aryl methyl sites for hydroxylation is 1. The van der Waals surface area contributed by atoms with Gasteiger partial charge in [-0.2, -0.15) is 0 Å². The van der Waals surface area contributed by atoms with Crippen LogP contribution in [0.3, 0.4) is 0 Å². The fourth-order valence-electron chi connectivity index (χ4n) is 2.18. The number of nitrogens with zero attached hydrogens (tertiary/aromatic N) is 1. The first kappa shape index (κ1) is 21.1. The second-order valence-electron chi connectivity index (χ2n) is 5.75. The predicted molar refractivity (Wildman–Crippen MR) is 96.6 cm³/mol. The third kappa shape index (κ3) is 8.21. The molecule has 0 fully saturated rings. The van der Waals surface area contributed by atoms with E-state index in [0.29, 0.717) is 49.8 Å². The van der Waals surface area contributed by atoms with Gasteiger partial charge in [0.1, 0.15) is 5.75 Å². The van der Waals surface area contributed by atoms with Crippen molar-refractivity contribution in [2.75, 3.05) is 0 Å². The lowest BCUT2D eigenvalue weighted by Crippen LogP contribution is -1.98. The third-order valence-electron chi connectivity index (χ3n) is 3.61. The van der Waals surface area contributed by atoms with Crippen molar-refractivity contribution in [2.45, 2.75) is 58.3 Å². The molecule has 26 heavy (non-hydrogen) atoms. The fourth-order valence-corrected chi connectivity index (χ4v) is 2.18. The summed E-state index contributed by atoms with van der Waals surface area (Å²) >= 11 is 0. The summed E-state index contributed by atoms with van der Waals surface area (Å²) in [5.41, 5.74) is 1.99. The number of aliphatic carboxylic acids is 2. The number of carbonyl (C=O) groups is 2. The zero-order chi connectivity index (χ0) is 19.4. The van der Waals surface area contributed by atoms with Gasteiger partial charge in [-0.3, -0.25) is 14.6 Å². The van der Waals surface area contributed by atoms with Crippen LogP contribution in [0, 0.1) is 30.6 Å². The highest BCUT2D eigenvalue weighted by Crippen LogP contribution is 2.24. The van der Waals surface area contributed by atoms with E-state index in [1.807, 2.05) is 0 Å². The minimum Gasteiger partial charge on any atom is -0.506 e. The van der Waals surface area contributed by atoms with Crippen LogP contribution >= 0.6 is 0 Å². The Labute approximate surface area is 153 Å². The number of carboxylic acid groups (broad SMARTS) is 2. The molecule has 6 nitrogen and oxygen atoms in total. The number of pyridine rings is 1. The van der Waals surface area contributed by atoms with Gasteiger partial charge in [0.15, 0.2) is 0 Å². The number of rotatable bonds is 8. The lowest BCUT2D eigenvalue weighted by atomic mass is 10.0. The number of carboxylic acids is 2.